The highest BCUT2D eigenvalue weighted by atomic mass is 32.1. The Balaban J connectivity index is 1.25. The van der Waals surface area contributed by atoms with Crippen LogP contribution in [0.3, 0.4) is 0 Å². The molecule has 3 aromatic rings. The number of nitrogens with two attached hydrogens (primary N) is 1. The van der Waals surface area contributed by atoms with Gasteiger partial charge in [-0.15, -0.1) is 11.3 Å². The first-order valence-electron chi connectivity index (χ1n) is 11.0. The molecule has 4 heterocycles. The van der Waals surface area contributed by atoms with E-state index in [1.165, 1.54) is 11.3 Å². The van der Waals surface area contributed by atoms with E-state index < -0.39 is 0 Å². The maximum absolute atomic E-state index is 15.0. The summed E-state index contributed by atoms with van der Waals surface area (Å²) in [6.07, 6.45) is 3.96. The lowest BCUT2D eigenvalue weighted by Gasteiger charge is -2.35. The molecule has 2 fully saturated rings. The Morgan fingerprint density at radius 1 is 1.38 bits per heavy atom. The van der Waals surface area contributed by atoms with Crippen molar-refractivity contribution >= 4 is 39.0 Å². The number of carbonyl (C=O) groups is 1. The van der Waals surface area contributed by atoms with Crippen LogP contribution in [-0.2, 0) is 0 Å². The van der Waals surface area contributed by atoms with Gasteiger partial charge in [0.2, 0.25) is 0 Å². The molecule has 9 heteroatoms. The third-order valence-electron chi connectivity index (χ3n) is 6.43. The Labute approximate surface area is 190 Å². The van der Waals surface area contributed by atoms with E-state index in [0.717, 1.165) is 37.2 Å². The van der Waals surface area contributed by atoms with Gasteiger partial charge >= 0.3 is 0 Å². The lowest BCUT2D eigenvalue weighted by Crippen LogP contribution is -2.51. The number of fused-ring (bicyclic) bond motifs is 3. The van der Waals surface area contributed by atoms with E-state index in [2.05, 4.69) is 25.5 Å². The smallest absolute Gasteiger partial charge is 0.263 e. The number of rotatable bonds is 5. The van der Waals surface area contributed by atoms with Crippen molar-refractivity contribution in [3.05, 3.63) is 46.3 Å². The molecule has 1 aromatic carbocycles. The summed E-state index contributed by atoms with van der Waals surface area (Å²) in [4.78, 5) is 24.6. The molecule has 168 valence electrons. The quantitative estimate of drug-likeness (QED) is 0.548. The fraction of sp³-hybridized carbons (Fsp3) is 0.435. The molecule has 0 radical (unpaired) electrons. The lowest BCUT2D eigenvalue weighted by atomic mass is 10.00. The number of thiophene rings is 1. The van der Waals surface area contributed by atoms with Gasteiger partial charge in [0.15, 0.2) is 0 Å². The number of benzene rings is 1. The van der Waals surface area contributed by atoms with Crippen LogP contribution in [0.5, 0.6) is 0 Å². The number of hydrogen-bond donors (Lipinski definition) is 3. The second kappa shape index (κ2) is 8.29. The molecular weight excluding hydrogens is 427 g/mol. The number of halogens is 1. The molecule has 4 N–H and O–H groups in total. The van der Waals surface area contributed by atoms with Gasteiger partial charge in [0.05, 0.1) is 17.1 Å². The zero-order chi connectivity index (χ0) is 22.4. The minimum Gasteiger partial charge on any atom is -0.396 e. The molecule has 3 atom stereocenters. The molecule has 0 spiro atoms. The second-order valence-electron chi connectivity index (χ2n) is 8.87. The van der Waals surface area contributed by atoms with E-state index in [1.54, 1.807) is 12.3 Å². The number of nitrogens with zero attached hydrogens (tertiary/aromatic N) is 3. The Kier molecular flexibility index (Phi) is 5.46. The van der Waals surface area contributed by atoms with Crippen molar-refractivity contribution in [3.8, 4) is 0 Å². The van der Waals surface area contributed by atoms with Crippen LogP contribution in [0.1, 0.15) is 46.6 Å². The van der Waals surface area contributed by atoms with Crippen LogP contribution in [0.15, 0.2) is 24.4 Å². The minimum absolute atomic E-state index is 0.0456. The molecule has 7 nitrogen and oxygen atoms in total. The number of nitrogens with one attached hydrogen (secondary N) is 2. The summed E-state index contributed by atoms with van der Waals surface area (Å²) in [5, 5.41) is 6.50. The fourth-order valence-corrected chi connectivity index (χ4v) is 5.68. The van der Waals surface area contributed by atoms with Gasteiger partial charge in [0.25, 0.3) is 5.91 Å². The van der Waals surface area contributed by atoms with Gasteiger partial charge in [0.1, 0.15) is 21.0 Å². The highest BCUT2D eigenvalue weighted by Gasteiger charge is 2.33. The molecule has 2 unspecified atom stereocenters. The van der Waals surface area contributed by atoms with Crippen molar-refractivity contribution in [1.82, 2.24) is 20.6 Å². The molecule has 2 aliphatic heterocycles. The summed E-state index contributed by atoms with van der Waals surface area (Å²) in [7, 11) is 0. The Hall–Kier alpha value is -2.78. The van der Waals surface area contributed by atoms with Gasteiger partial charge < -0.3 is 21.3 Å². The molecule has 2 saturated heterocycles. The number of amides is 1. The molecule has 0 aliphatic carbocycles. The minimum atomic E-state index is -0.259. The molecule has 2 bridgehead atoms. The molecule has 2 aromatic heterocycles. The lowest BCUT2D eigenvalue weighted by molar-refractivity contribution is 0.0956. The Morgan fingerprint density at radius 3 is 2.84 bits per heavy atom. The van der Waals surface area contributed by atoms with Crippen LogP contribution in [0.4, 0.5) is 15.8 Å². The number of hydrogen-bond acceptors (Lipinski definition) is 7. The largest absolute Gasteiger partial charge is 0.396 e. The van der Waals surface area contributed by atoms with Gasteiger partial charge in [-0.3, -0.25) is 4.79 Å². The predicted molar refractivity (Wildman–Crippen MR) is 126 cm³/mol. The van der Waals surface area contributed by atoms with E-state index in [1.807, 2.05) is 26.0 Å². The Bertz CT molecular complexity index is 1170. The summed E-state index contributed by atoms with van der Waals surface area (Å²) in [5.41, 5.74) is 9.33. The van der Waals surface area contributed by atoms with Crippen LogP contribution in [0.2, 0.25) is 0 Å². The molecular formula is C23H27FN6OS. The fourth-order valence-electron chi connectivity index (χ4n) is 4.66. The van der Waals surface area contributed by atoms with Crippen molar-refractivity contribution in [2.75, 3.05) is 30.3 Å². The first-order chi connectivity index (χ1) is 15.4. The summed E-state index contributed by atoms with van der Waals surface area (Å²) < 4.78 is 15.0. The zero-order valence-corrected chi connectivity index (χ0v) is 19.0. The van der Waals surface area contributed by atoms with Crippen LogP contribution in [0, 0.1) is 12.7 Å². The molecule has 2 aliphatic rings. The van der Waals surface area contributed by atoms with Gasteiger partial charge in [-0.05, 0) is 43.4 Å². The number of aromatic nitrogens is 2. The van der Waals surface area contributed by atoms with Crippen molar-refractivity contribution in [3.63, 3.8) is 0 Å². The van der Waals surface area contributed by atoms with E-state index in [-0.39, 0.29) is 17.6 Å². The van der Waals surface area contributed by atoms with Crippen molar-refractivity contribution in [1.29, 1.82) is 0 Å². The molecule has 1 amide bonds. The topological polar surface area (TPSA) is 96.2 Å². The van der Waals surface area contributed by atoms with Crippen molar-refractivity contribution in [2.24, 2.45) is 0 Å². The van der Waals surface area contributed by atoms with E-state index >= 15 is 0 Å². The Morgan fingerprint density at radius 2 is 2.12 bits per heavy atom. The highest BCUT2D eigenvalue weighted by Crippen LogP contribution is 2.32. The normalized spacial score (nSPS) is 21.2. The van der Waals surface area contributed by atoms with E-state index in [9.17, 15) is 9.18 Å². The highest BCUT2D eigenvalue weighted by molar-refractivity contribution is 7.21. The van der Waals surface area contributed by atoms with Crippen LogP contribution >= 0.6 is 11.3 Å². The van der Waals surface area contributed by atoms with E-state index in [4.69, 9.17) is 5.73 Å². The average molecular weight is 455 g/mol. The third-order valence-corrected chi connectivity index (χ3v) is 7.52. The average Bonchev–Trinajstić information content (AvgIpc) is 3.29. The van der Waals surface area contributed by atoms with Crippen LogP contribution in [0.25, 0.3) is 10.3 Å². The van der Waals surface area contributed by atoms with Gasteiger partial charge in [-0.2, -0.15) is 0 Å². The van der Waals surface area contributed by atoms with Gasteiger partial charge in [0, 0.05) is 37.9 Å². The number of aryl methyl sites for hydroxylation is 1. The van der Waals surface area contributed by atoms with E-state index in [0.29, 0.717) is 45.2 Å². The summed E-state index contributed by atoms with van der Waals surface area (Å²) >= 11 is 1.24. The molecule has 0 saturated carbocycles. The van der Waals surface area contributed by atoms with Crippen molar-refractivity contribution < 1.29 is 9.18 Å². The maximum atomic E-state index is 15.0. The summed E-state index contributed by atoms with van der Waals surface area (Å²) in [6, 6.07) is 6.34. The molecule has 32 heavy (non-hydrogen) atoms. The van der Waals surface area contributed by atoms with Gasteiger partial charge in [-0.25, -0.2) is 14.4 Å². The number of nitrogen functional groups attached to an aromatic ring is 1. The summed E-state index contributed by atoms with van der Waals surface area (Å²) in [5.74, 6) is -0.510. The van der Waals surface area contributed by atoms with Crippen LogP contribution in [-0.4, -0.2) is 47.6 Å². The maximum Gasteiger partial charge on any atom is 0.263 e. The third kappa shape index (κ3) is 3.91. The monoisotopic (exact) mass is 454 g/mol. The second-order valence-corrected chi connectivity index (χ2v) is 9.87. The van der Waals surface area contributed by atoms with Gasteiger partial charge in [-0.1, -0.05) is 13.0 Å². The first-order valence-corrected chi connectivity index (χ1v) is 11.8. The summed E-state index contributed by atoms with van der Waals surface area (Å²) in [6.45, 7) is 5.89. The first kappa shape index (κ1) is 21.1. The van der Waals surface area contributed by atoms with Crippen molar-refractivity contribution in [2.45, 2.75) is 44.7 Å². The molecule has 5 rings (SSSR count). The predicted octanol–water partition coefficient (Wildman–Crippen LogP) is 3.20. The SMILES string of the molecule is Cc1cnc2c(N)c(C(=O)NC[C@@H](C)c3ccc(N4CC5CCC(C4)N5)c(F)c3)sc2n1. The number of piperazine rings is 1. The van der Waals surface area contributed by atoms with Crippen LogP contribution < -0.4 is 21.3 Å². The standard InChI is InChI=1S/C23H27FN6OS/c1-12(8-27-22(31)21-19(25)20-23(32-21)28-13(2)9-26-20)14-3-6-18(17(24)7-14)30-10-15-4-5-16(11-30)29-15/h3,6-7,9,12,15-16,29H,4-5,8,10-11,25H2,1-2H3,(H,27,31)/t12-,15?,16?/m1/s1. The number of carbonyl (C=O) groups excluding carboxylic acids is 1. The zero-order valence-electron chi connectivity index (χ0n) is 18.2. The number of anilines is 2.